The lowest BCUT2D eigenvalue weighted by molar-refractivity contribution is -0.0314. The van der Waals surface area contributed by atoms with Gasteiger partial charge in [-0.2, -0.15) is 0 Å². The molecule has 100 valence electrons. The molecule has 1 fully saturated rings. The molecule has 2 atom stereocenters. The zero-order valence-corrected chi connectivity index (χ0v) is 11.2. The summed E-state index contributed by atoms with van der Waals surface area (Å²) in [4.78, 5) is 2.38. The van der Waals surface area contributed by atoms with Gasteiger partial charge < -0.3 is 10.8 Å². The summed E-state index contributed by atoms with van der Waals surface area (Å²) in [6.45, 7) is 4.41. The lowest BCUT2D eigenvalue weighted by Gasteiger charge is -2.41. The number of likely N-dealkylation sites (tertiary alicyclic amines) is 1. The first-order valence-corrected chi connectivity index (χ1v) is 6.84. The van der Waals surface area contributed by atoms with Crippen molar-refractivity contribution in [2.75, 3.05) is 19.6 Å². The molecule has 3 N–H and O–H groups in total. The maximum Gasteiger partial charge on any atom is 0.0746 e. The number of rotatable bonds is 4. The third-order valence-electron chi connectivity index (χ3n) is 3.77. The molecule has 2 unspecified atom stereocenters. The van der Waals surface area contributed by atoms with Crippen LogP contribution in [0.25, 0.3) is 0 Å². The van der Waals surface area contributed by atoms with Crippen molar-refractivity contribution in [3.8, 4) is 0 Å². The molecule has 0 amide bonds. The van der Waals surface area contributed by atoms with E-state index in [1.165, 1.54) is 5.56 Å². The molecule has 0 aliphatic carbocycles. The Labute approximate surface area is 110 Å². The summed E-state index contributed by atoms with van der Waals surface area (Å²) in [5.41, 5.74) is 6.50. The number of hydrogen-bond acceptors (Lipinski definition) is 3. The highest BCUT2D eigenvalue weighted by Crippen LogP contribution is 2.30. The van der Waals surface area contributed by atoms with E-state index in [0.717, 1.165) is 32.4 Å². The van der Waals surface area contributed by atoms with Gasteiger partial charge in [0.05, 0.1) is 5.60 Å². The van der Waals surface area contributed by atoms with Gasteiger partial charge in [-0.3, -0.25) is 4.90 Å². The van der Waals surface area contributed by atoms with Crippen molar-refractivity contribution >= 4 is 0 Å². The Morgan fingerprint density at radius 1 is 1.39 bits per heavy atom. The van der Waals surface area contributed by atoms with Gasteiger partial charge in [0.2, 0.25) is 0 Å². The number of β-amino-alcohol motifs (C(OH)–C–C–N with tert-alkyl or cyclic N) is 1. The molecule has 3 nitrogen and oxygen atoms in total. The van der Waals surface area contributed by atoms with Gasteiger partial charge in [0.15, 0.2) is 0 Å². The van der Waals surface area contributed by atoms with Crippen LogP contribution in [-0.2, 0) is 0 Å². The predicted molar refractivity (Wildman–Crippen MR) is 74.3 cm³/mol. The number of hydrogen-bond donors (Lipinski definition) is 2. The summed E-state index contributed by atoms with van der Waals surface area (Å²) in [5.74, 6) is 0. The van der Waals surface area contributed by atoms with Gasteiger partial charge in [-0.25, -0.2) is 0 Å². The fraction of sp³-hybridized carbons (Fsp3) is 0.600. The second kappa shape index (κ2) is 5.83. The third-order valence-corrected chi connectivity index (χ3v) is 3.77. The van der Waals surface area contributed by atoms with Crippen molar-refractivity contribution in [1.82, 2.24) is 4.90 Å². The van der Waals surface area contributed by atoms with Crippen molar-refractivity contribution in [2.24, 2.45) is 5.73 Å². The standard InChI is InChI=1S/C15H24N2O/c1-15(18)9-5-11-17(12-15)14(8-10-16)13-6-3-2-4-7-13/h2-4,6-7,14,18H,5,8-12,16H2,1H3. The third kappa shape index (κ3) is 3.31. The van der Waals surface area contributed by atoms with Crippen LogP contribution in [-0.4, -0.2) is 35.2 Å². The maximum atomic E-state index is 10.2. The van der Waals surface area contributed by atoms with Crippen LogP contribution < -0.4 is 5.73 Å². The van der Waals surface area contributed by atoms with E-state index >= 15 is 0 Å². The molecule has 1 aliphatic heterocycles. The van der Waals surface area contributed by atoms with E-state index in [1.807, 2.05) is 13.0 Å². The molecule has 3 heteroatoms. The number of benzene rings is 1. The quantitative estimate of drug-likeness (QED) is 0.856. The Hall–Kier alpha value is -0.900. The first-order chi connectivity index (χ1) is 8.62. The molecule has 0 bridgehead atoms. The van der Waals surface area contributed by atoms with Crippen LogP contribution in [0.5, 0.6) is 0 Å². The average molecular weight is 248 g/mol. The Balaban J connectivity index is 2.15. The van der Waals surface area contributed by atoms with E-state index in [1.54, 1.807) is 0 Å². The predicted octanol–water partition coefficient (Wildman–Crippen LogP) is 1.92. The van der Waals surface area contributed by atoms with Crippen molar-refractivity contribution in [3.05, 3.63) is 35.9 Å². The summed E-state index contributed by atoms with van der Waals surface area (Å²) < 4.78 is 0. The van der Waals surface area contributed by atoms with Gasteiger partial charge in [0.25, 0.3) is 0 Å². The smallest absolute Gasteiger partial charge is 0.0746 e. The summed E-state index contributed by atoms with van der Waals surface area (Å²) >= 11 is 0. The van der Waals surface area contributed by atoms with Crippen LogP contribution in [0.15, 0.2) is 30.3 Å². The van der Waals surface area contributed by atoms with E-state index in [9.17, 15) is 5.11 Å². The summed E-state index contributed by atoms with van der Waals surface area (Å²) in [7, 11) is 0. The van der Waals surface area contributed by atoms with Crippen LogP contribution in [0.1, 0.15) is 37.8 Å². The van der Waals surface area contributed by atoms with Crippen LogP contribution in [0, 0.1) is 0 Å². The number of nitrogens with zero attached hydrogens (tertiary/aromatic N) is 1. The van der Waals surface area contributed by atoms with E-state index in [2.05, 4.69) is 29.2 Å². The minimum Gasteiger partial charge on any atom is -0.389 e. The highest BCUT2D eigenvalue weighted by Gasteiger charge is 2.32. The molecule has 0 spiro atoms. The van der Waals surface area contributed by atoms with Gasteiger partial charge >= 0.3 is 0 Å². The lowest BCUT2D eigenvalue weighted by Crippen LogP contribution is -2.47. The average Bonchev–Trinajstić information content (AvgIpc) is 2.36. The number of piperidine rings is 1. The maximum absolute atomic E-state index is 10.2. The minimum absolute atomic E-state index is 0.336. The topological polar surface area (TPSA) is 49.5 Å². The highest BCUT2D eigenvalue weighted by molar-refractivity contribution is 5.19. The normalized spacial score (nSPS) is 27.1. The van der Waals surface area contributed by atoms with Gasteiger partial charge in [-0.05, 0) is 44.8 Å². The van der Waals surface area contributed by atoms with Crippen LogP contribution in [0.2, 0.25) is 0 Å². The molecule has 1 heterocycles. The second-order valence-corrected chi connectivity index (χ2v) is 5.57. The minimum atomic E-state index is -0.556. The van der Waals surface area contributed by atoms with E-state index < -0.39 is 5.60 Å². The molecule has 18 heavy (non-hydrogen) atoms. The first-order valence-electron chi connectivity index (χ1n) is 6.84. The van der Waals surface area contributed by atoms with E-state index in [-0.39, 0.29) is 0 Å². The number of nitrogens with two attached hydrogens (primary N) is 1. The van der Waals surface area contributed by atoms with E-state index in [0.29, 0.717) is 12.6 Å². The van der Waals surface area contributed by atoms with Crippen molar-refractivity contribution < 1.29 is 5.11 Å². The van der Waals surface area contributed by atoms with Gasteiger partial charge in [-0.15, -0.1) is 0 Å². The van der Waals surface area contributed by atoms with Gasteiger partial charge in [-0.1, -0.05) is 30.3 Å². The fourth-order valence-corrected chi connectivity index (χ4v) is 2.92. The summed E-state index contributed by atoms with van der Waals surface area (Å²) in [6, 6.07) is 10.8. The molecule has 1 saturated heterocycles. The van der Waals surface area contributed by atoms with E-state index in [4.69, 9.17) is 5.73 Å². The Kier molecular flexibility index (Phi) is 4.38. The molecular formula is C15H24N2O. The van der Waals surface area contributed by atoms with Crippen molar-refractivity contribution in [3.63, 3.8) is 0 Å². The molecule has 0 radical (unpaired) electrons. The lowest BCUT2D eigenvalue weighted by atomic mass is 9.91. The Morgan fingerprint density at radius 3 is 2.72 bits per heavy atom. The summed E-state index contributed by atoms with van der Waals surface area (Å²) in [5, 5.41) is 10.2. The Bertz CT molecular complexity index is 364. The first kappa shape index (κ1) is 13.5. The van der Waals surface area contributed by atoms with Crippen LogP contribution in [0.4, 0.5) is 0 Å². The molecule has 1 aromatic rings. The molecule has 0 aromatic heterocycles. The van der Waals surface area contributed by atoms with Gasteiger partial charge in [0.1, 0.15) is 0 Å². The second-order valence-electron chi connectivity index (χ2n) is 5.57. The van der Waals surface area contributed by atoms with Crippen molar-refractivity contribution in [1.29, 1.82) is 0 Å². The fourth-order valence-electron chi connectivity index (χ4n) is 2.92. The largest absolute Gasteiger partial charge is 0.389 e. The summed E-state index contributed by atoms with van der Waals surface area (Å²) in [6.07, 6.45) is 2.90. The van der Waals surface area contributed by atoms with Crippen molar-refractivity contribution in [2.45, 2.75) is 37.8 Å². The molecule has 1 aromatic carbocycles. The number of aliphatic hydroxyl groups is 1. The molecule has 1 aliphatic rings. The zero-order valence-electron chi connectivity index (χ0n) is 11.2. The molecule has 2 rings (SSSR count). The van der Waals surface area contributed by atoms with Gasteiger partial charge in [0, 0.05) is 12.6 Å². The SMILES string of the molecule is CC1(O)CCCN(C(CCN)c2ccccc2)C1. The van der Waals surface area contributed by atoms with Crippen LogP contribution >= 0.6 is 0 Å². The Morgan fingerprint density at radius 2 is 2.11 bits per heavy atom. The monoisotopic (exact) mass is 248 g/mol. The molecule has 0 saturated carbocycles. The molecular weight excluding hydrogens is 224 g/mol. The zero-order chi connectivity index (χ0) is 13.0. The highest BCUT2D eigenvalue weighted by atomic mass is 16.3. The van der Waals surface area contributed by atoms with Crippen LogP contribution in [0.3, 0.4) is 0 Å².